The molecule has 23 heavy (non-hydrogen) atoms. The average molecular weight is 315 g/mol. The van der Waals surface area contributed by atoms with Gasteiger partial charge in [-0.25, -0.2) is 0 Å². The molecule has 2 fully saturated rings. The fourth-order valence-electron chi connectivity index (χ4n) is 5.06. The van der Waals surface area contributed by atoms with Crippen LogP contribution in [-0.2, 0) is 6.54 Å². The van der Waals surface area contributed by atoms with Crippen LogP contribution in [0, 0.1) is 5.92 Å². The molecule has 4 rings (SSSR count). The Morgan fingerprint density at radius 2 is 1.96 bits per heavy atom. The molecular weight excluding hydrogens is 286 g/mol. The lowest BCUT2D eigenvalue weighted by Crippen LogP contribution is -2.53. The first kappa shape index (κ1) is 15.4. The molecule has 0 aromatic carbocycles. The third-order valence-electron chi connectivity index (χ3n) is 6.12. The summed E-state index contributed by atoms with van der Waals surface area (Å²) in [6, 6.07) is 6.59. The topological polar surface area (TPSA) is 28.5 Å². The van der Waals surface area contributed by atoms with Crippen LogP contribution in [0.1, 0.15) is 44.2 Å². The molecule has 1 aromatic heterocycles. The van der Waals surface area contributed by atoms with Crippen molar-refractivity contribution in [1.29, 1.82) is 0 Å². The second-order valence-electron chi connectivity index (χ2n) is 7.72. The van der Waals surface area contributed by atoms with E-state index in [-0.39, 0.29) is 5.56 Å². The smallest absolute Gasteiger partial charge is 0.250 e. The number of hydrogen-bond donors (Lipinski definition) is 0. The summed E-state index contributed by atoms with van der Waals surface area (Å²) in [6.45, 7) is 9.33. The van der Waals surface area contributed by atoms with Crippen molar-refractivity contribution in [2.75, 3.05) is 32.7 Å². The Kier molecular flexibility index (Phi) is 4.29. The molecule has 4 nitrogen and oxygen atoms in total. The van der Waals surface area contributed by atoms with Crippen LogP contribution < -0.4 is 5.56 Å². The summed E-state index contributed by atoms with van der Waals surface area (Å²) in [5, 5.41) is 0. The van der Waals surface area contributed by atoms with Gasteiger partial charge in [0, 0.05) is 43.4 Å². The Balaban J connectivity index is 1.46. The molecule has 4 heterocycles. The van der Waals surface area contributed by atoms with Gasteiger partial charge in [-0.15, -0.1) is 0 Å². The van der Waals surface area contributed by atoms with Crippen molar-refractivity contribution in [3.8, 4) is 0 Å². The van der Waals surface area contributed by atoms with Crippen LogP contribution in [0.25, 0.3) is 0 Å². The lowest BCUT2D eigenvalue weighted by molar-refractivity contribution is 0.0469. The quantitative estimate of drug-likeness (QED) is 0.855. The molecule has 0 unspecified atom stereocenters. The minimum absolute atomic E-state index is 0.193. The third kappa shape index (κ3) is 2.99. The summed E-state index contributed by atoms with van der Waals surface area (Å²) >= 11 is 0. The molecule has 0 saturated carbocycles. The molecule has 0 aliphatic carbocycles. The van der Waals surface area contributed by atoms with E-state index in [9.17, 15) is 4.79 Å². The Morgan fingerprint density at radius 1 is 1.13 bits per heavy atom. The van der Waals surface area contributed by atoms with Crippen LogP contribution in [0.3, 0.4) is 0 Å². The third-order valence-corrected chi connectivity index (χ3v) is 6.12. The van der Waals surface area contributed by atoms with Gasteiger partial charge in [0.2, 0.25) is 0 Å². The minimum atomic E-state index is 0.193. The standard InChI is InChI=1S/C19H29N3O/c1-2-8-20-9-6-17(7-10-20)21-12-15-11-16(14-21)18-4-3-5-19(23)22(18)13-15/h3-5,15-17H,2,6-14H2,1H3/t15-,16+/m1/s1. The lowest BCUT2D eigenvalue weighted by atomic mass is 9.82. The van der Waals surface area contributed by atoms with Crippen molar-refractivity contribution in [3.63, 3.8) is 0 Å². The zero-order chi connectivity index (χ0) is 15.8. The molecule has 4 heteroatoms. The predicted octanol–water partition coefficient (Wildman–Crippen LogP) is 2.14. The predicted molar refractivity (Wildman–Crippen MR) is 92.9 cm³/mol. The summed E-state index contributed by atoms with van der Waals surface area (Å²) < 4.78 is 2.04. The summed E-state index contributed by atoms with van der Waals surface area (Å²) in [7, 11) is 0. The number of hydrogen-bond acceptors (Lipinski definition) is 3. The highest BCUT2D eigenvalue weighted by atomic mass is 16.1. The highest BCUT2D eigenvalue weighted by Crippen LogP contribution is 2.36. The fourth-order valence-corrected chi connectivity index (χ4v) is 5.06. The molecule has 3 aliphatic rings. The van der Waals surface area contributed by atoms with Crippen molar-refractivity contribution in [2.45, 2.75) is 51.1 Å². The van der Waals surface area contributed by atoms with Gasteiger partial charge in [-0.2, -0.15) is 0 Å². The van der Waals surface area contributed by atoms with Crippen LogP contribution in [0.15, 0.2) is 23.0 Å². The second kappa shape index (κ2) is 6.40. The van der Waals surface area contributed by atoms with E-state index < -0.39 is 0 Å². The maximum Gasteiger partial charge on any atom is 0.250 e. The zero-order valence-corrected chi connectivity index (χ0v) is 14.3. The van der Waals surface area contributed by atoms with Crippen LogP contribution in [0.2, 0.25) is 0 Å². The van der Waals surface area contributed by atoms with Gasteiger partial charge in [0.05, 0.1) is 0 Å². The SMILES string of the molecule is CCCN1CCC(N2C[C@H]3C[C@@H](C2)c2cccc(=O)n2C3)CC1. The van der Waals surface area contributed by atoms with Crippen LogP contribution in [0.5, 0.6) is 0 Å². The van der Waals surface area contributed by atoms with Gasteiger partial charge in [0.15, 0.2) is 0 Å². The molecule has 2 saturated heterocycles. The van der Waals surface area contributed by atoms with Gasteiger partial charge in [-0.1, -0.05) is 13.0 Å². The van der Waals surface area contributed by atoms with E-state index in [0.717, 1.165) is 19.1 Å². The zero-order valence-electron chi connectivity index (χ0n) is 14.3. The first-order valence-electron chi connectivity index (χ1n) is 9.40. The molecule has 2 bridgehead atoms. The largest absolute Gasteiger partial charge is 0.312 e. The molecule has 0 radical (unpaired) electrons. The first-order valence-corrected chi connectivity index (χ1v) is 9.40. The van der Waals surface area contributed by atoms with Gasteiger partial charge in [0.25, 0.3) is 5.56 Å². The fraction of sp³-hybridized carbons (Fsp3) is 0.737. The van der Waals surface area contributed by atoms with Gasteiger partial charge in [-0.3, -0.25) is 9.69 Å². The number of likely N-dealkylation sites (tertiary alicyclic amines) is 2. The number of nitrogens with zero attached hydrogens (tertiary/aromatic N) is 3. The van der Waals surface area contributed by atoms with Gasteiger partial charge in [-0.05, 0) is 57.3 Å². The molecule has 0 amide bonds. The average Bonchev–Trinajstić information content (AvgIpc) is 2.57. The number of rotatable bonds is 3. The van der Waals surface area contributed by atoms with Gasteiger partial charge in [0.1, 0.15) is 0 Å². The highest BCUT2D eigenvalue weighted by Gasteiger charge is 2.37. The van der Waals surface area contributed by atoms with E-state index in [1.54, 1.807) is 6.07 Å². The molecule has 0 spiro atoms. The Hall–Kier alpha value is -1.13. The summed E-state index contributed by atoms with van der Waals surface area (Å²) in [5.74, 6) is 1.22. The molecule has 3 aliphatic heterocycles. The Morgan fingerprint density at radius 3 is 2.74 bits per heavy atom. The summed E-state index contributed by atoms with van der Waals surface area (Å²) in [6.07, 6.45) is 5.18. The van der Waals surface area contributed by atoms with Crippen molar-refractivity contribution in [1.82, 2.24) is 14.4 Å². The highest BCUT2D eigenvalue weighted by molar-refractivity contribution is 5.17. The van der Waals surface area contributed by atoms with E-state index in [4.69, 9.17) is 0 Å². The van der Waals surface area contributed by atoms with E-state index in [1.807, 2.05) is 10.6 Å². The van der Waals surface area contributed by atoms with Crippen molar-refractivity contribution < 1.29 is 0 Å². The Bertz CT molecular complexity index is 603. The van der Waals surface area contributed by atoms with E-state index >= 15 is 0 Å². The Labute approximate surface area is 139 Å². The molecule has 1 aromatic rings. The van der Waals surface area contributed by atoms with Crippen molar-refractivity contribution >= 4 is 0 Å². The summed E-state index contributed by atoms with van der Waals surface area (Å²) in [4.78, 5) is 17.5. The number of piperidine rings is 2. The van der Waals surface area contributed by atoms with Gasteiger partial charge >= 0.3 is 0 Å². The summed E-state index contributed by atoms with van der Waals surface area (Å²) in [5.41, 5.74) is 1.47. The van der Waals surface area contributed by atoms with Crippen LogP contribution in [-0.4, -0.2) is 53.1 Å². The number of fused-ring (bicyclic) bond motifs is 4. The van der Waals surface area contributed by atoms with Gasteiger partial charge < -0.3 is 9.47 Å². The van der Waals surface area contributed by atoms with E-state index in [1.165, 1.54) is 57.6 Å². The molecule has 126 valence electrons. The molecular formula is C19H29N3O. The second-order valence-corrected chi connectivity index (χ2v) is 7.72. The normalized spacial score (nSPS) is 29.4. The number of aromatic nitrogens is 1. The maximum atomic E-state index is 12.1. The van der Waals surface area contributed by atoms with Crippen LogP contribution in [0.4, 0.5) is 0 Å². The lowest BCUT2D eigenvalue weighted by Gasteiger charge is -2.47. The van der Waals surface area contributed by atoms with Crippen LogP contribution >= 0.6 is 0 Å². The van der Waals surface area contributed by atoms with Crippen molar-refractivity contribution in [2.24, 2.45) is 5.92 Å². The monoisotopic (exact) mass is 315 g/mol. The maximum absolute atomic E-state index is 12.1. The van der Waals surface area contributed by atoms with E-state index in [0.29, 0.717) is 11.8 Å². The molecule has 2 atom stereocenters. The molecule has 0 N–H and O–H groups in total. The van der Waals surface area contributed by atoms with Crippen molar-refractivity contribution in [3.05, 3.63) is 34.2 Å². The minimum Gasteiger partial charge on any atom is -0.312 e. The number of pyridine rings is 1. The van der Waals surface area contributed by atoms with E-state index in [2.05, 4.69) is 22.8 Å². The first-order chi connectivity index (χ1) is 11.2.